The predicted molar refractivity (Wildman–Crippen MR) is 119 cm³/mol. The number of methoxy groups -OCH3 is 2. The summed E-state index contributed by atoms with van der Waals surface area (Å²) in [5.74, 6) is 1.53. The number of nitrogens with one attached hydrogen (secondary N) is 1. The van der Waals surface area contributed by atoms with Gasteiger partial charge in [-0.15, -0.1) is 0 Å². The van der Waals surface area contributed by atoms with E-state index in [1.807, 2.05) is 27.7 Å². The van der Waals surface area contributed by atoms with Gasteiger partial charge in [0.1, 0.15) is 0 Å². The molecule has 170 valence electrons. The summed E-state index contributed by atoms with van der Waals surface area (Å²) in [4.78, 5) is 39.1. The highest BCUT2D eigenvalue weighted by Gasteiger charge is 2.36. The molecule has 8 heteroatoms. The normalized spacial score (nSPS) is 19.1. The van der Waals surface area contributed by atoms with Crippen molar-refractivity contribution in [3.8, 4) is 11.5 Å². The highest BCUT2D eigenvalue weighted by atomic mass is 16.5. The fraction of sp³-hybridized carbons (Fsp3) is 0.458. The van der Waals surface area contributed by atoms with Crippen LogP contribution in [0.3, 0.4) is 0 Å². The van der Waals surface area contributed by atoms with Crippen LogP contribution < -0.4 is 20.3 Å². The van der Waals surface area contributed by atoms with E-state index in [-0.39, 0.29) is 42.1 Å². The number of nitrogens with zero attached hydrogens (tertiary/aromatic N) is 2. The number of fused-ring (bicyclic) bond motifs is 4. The van der Waals surface area contributed by atoms with Gasteiger partial charge < -0.3 is 24.3 Å². The van der Waals surface area contributed by atoms with Gasteiger partial charge in [0.05, 0.1) is 14.2 Å². The maximum Gasteiger partial charge on any atom is 0.250 e. The van der Waals surface area contributed by atoms with Crippen LogP contribution in [0.25, 0.3) is 0 Å². The molecule has 1 aromatic heterocycles. The molecular formula is C24H29N3O5. The van der Waals surface area contributed by atoms with Crippen LogP contribution >= 0.6 is 0 Å². The van der Waals surface area contributed by atoms with E-state index in [2.05, 4.69) is 5.32 Å². The largest absolute Gasteiger partial charge is 0.493 e. The summed E-state index contributed by atoms with van der Waals surface area (Å²) in [6.45, 7) is 2.25. The van der Waals surface area contributed by atoms with Crippen molar-refractivity contribution >= 4 is 11.8 Å². The van der Waals surface area contributed by atoms with E-state index >= 15 is 0 Å². The first-order valence-electron chi connectivity index (χ1n) is 10.9. The third kappa shape index (κ3) is 4.64. The maximum atomic E-state index is 12.8. The number of likely N-dealkylation sites (tertiary alicyclic amines) is 1. The van der Waals surface area contributed by atoms with Crippen LogP contribution in [0, 0.1) is 5.92 Å². The highest BCUT2D eigenvalue weighted by molar-refractivity contribution is 5.83. The predicted octanol–water partition coefficient (Wildman–Crippen LogP) is 1.91. The number of ether oxygens (including phenoxy) is 2. The summed E-state index contributed by atoms with van der Waals surface area (Å²) in [5, 5.41) is 2.86. The van der Waals surface area contributed by atoms with Gasteiger partial charge in [0.25, 0.3) is 5.56 Å². The molecular weight excluding hydrogens is 410 g/mol. The molecule has 3 heterocycles. The topological polar surface area (TPSA) is 89.9 Å². The second kappa shape index (κ2) is 9.46. The van der Waals surface area contributed by atoms with E-state index in [1.54, 1.807) is 32.4 Å². The van der Waals surface area contributed by atoms with Gasteiger partial charge in [-0.1, -0.05) is 12.1 Å². The van der Waals surface area contributed by atoms with Crippen molar-refractivity contribution in [2.45, 2.75) is 38.3 Å². The van der Waals surface area contributed by atoms with Gasteiger partial charge in [0.15, 0.2) is 11.5 Å². The molecule has 1 saturated heterocycles. The summed E-state index contributed by atoms with van der Waals surface area (Å²) < 4.78 is 12.4. The standard InChI is InChI=1S/C24H29N3O5/c1-31-20-7-6-16(11-21(20)32-2)12-25-22(28)8-9-23(29)26-13-17-10-18(15-26)19-4-3-5-24(30)27(19)14-17/h3-7,11,17-18H,8-10,12-15H2,1-2H3,(H,25,28)/t17-,18-/m1/s1. The number of hydrogen-bond donors (Lipinski definition) is 1. The van der Waals surface area contributed by atoms with Crippen molar-refractivity contribution in [3.63, 3.8) is 0 Å². The number of carbonyl (C=O) groups is 2. The van der Waals surface area contributed by atoms with Crippen molar-refractivity contribution < 1.29 is 19.1 Å². The molecule has 2 aliphatic heterocycles. The summed E-state index contributed by atoms with van der Waals surface area (Å²) in [7, 11) is 3.14. The highest BCUT2D eigenvalue weighted by Crippen LogP contribution is 2.35. The van der Waals surface area contributed by atoms with Crippen LogP contribution in [-0.2, 0) is 22.7 Å². The van der Waals surface area contributed by atoms with Crippen molar-refractivity contribution in [1.29, 1.82) is 0 Å². The molecule has 4 rings (SSSR count). The zero-order chi connectivity index (χ0) is 22.7. The average molecular weight is 440 g/mol. The summed E-state index contributed by atoms with van der Waals surface area (Å²) in [6.07, 6.45) is 1.33. The zero-order valence-electron chi connectivity index (χ0n) is 18.5. The Morgan fingerprint density at radius 1 is 1.03 bits per heavy atom. The number of hydrogen-bond acceptors (Lipinski definition) is 5. The number of rotatable bonds is 7. The SMILES string of the molecule is COc1ccc(CNC(=O)CCC(=O)N2C[C@H]3C[C@H](C2)c2cccc(=O)n2C3)cc1OC. The molecule has 2 bridgehead atoms. The lowest BCUT2D eigenvalue weighted by atomic mass is 9.83. The number of benzene rings is 1. The third-order valence-corrected chi connectivity index (χ3v) is 6.34. The summed E-state index contributed by atoms with van der Waals surface area (Å²) in [5.41, 5.74) is 1.93. The van der Waals surface area contributed by atoms with E-state index in [0.717, 1.165) is 17.7 Å². The minimum absolute atomic E-state index is 0.00676. The van der Waals surface area contributed by atoms with Crippen LogP contribution in [0.5, 0.6) is 11.5 Å². The Balaban J connectivity index is 1.28. The molecule has 2 atom stereocenters. The number of pyridine rings is 1. The van der Waals surface area contributed by atoms with E-state index < -0.39 is 0 Å². The molecule has 2 amide bonds. The number of amides is 2. The monoisotopic (exact) mass is 439 g/mol. The minimum atomic E-state index is -0.165. The second-order valence-electron chi connectivity index (χ2n) is 8.46. The molecule has 0 spiro atoms. The molecule has 0 saturated carbocycles. The Hall–Kier alpha value is -3.29. The molecule has 2 aromatic rings. The van der Waals surface area contributed by atoms with Gasteiger partial charge >= 0.3 is 0 Å². The first-order chi connectivity index (χ1) is 15.5. The fourth-order valence-electron chi connectivity index (χ4n) is 4.76. The Morgan fingerprint density at radius 3 is 2.62 bits per heavy atom. The molecule has 0 aliphatic carbocycles. The van der Waals surface area contributed by atoms with Crippen LogP contribution in [0.1, 0.15) is 36.4 Å². The van der Waals surface area contributed by atoms with Gasteiger partial charge in [-0.2, -0.15) is 0 Å². The lowest BCUT2D eigenvalue weighted by Gasteiger charge is -2.42. The van der Waals surface area contributed by atoms with Crippen LogP contribution in [0.15, 0.2) is 41.2 Å². The Bertz CT molecular complexity index is 1060. The lowest BCUT2D eigenvalue weighted by molar-refractivity contribution is -0.136. The first kappa shape index (κ1) is 21.9. The maximum absolute atomic E-state index is 12.8. The fourth-order valence-corrected chi connectivity index (χ4v) is 4.76. The van der Waals surface area contributed by atoms with Crippen LogP contribution in [0.4, 0.5) is 0 Å². The molecule has 0 radical (unpaired) electrons. The summed E-state index contributed by atoms with van der Waals surface area (Å²) >= 11 is 0. The number of carbonyl (C=O) groups excluding carboxylic acids is 2. The van der Waals surface area contributed by atoms with E-state index in [9.17, 15) is 14.4 Å². The van der Waals surface area contributed by atoms with E-state index in [0.29, 0.717) is 37.7 Å². The molecule has 8 nitrogen and oxygen atoms in total. The Kier molecular flexibility index (Phi) is 6.48. The molecule has 2 aliphatic rings. The van der Waals surface area contributed by atoms with Crippen LogP contribution in [-0.4, -0.2) is 48.6 Å². The smallest absolute Gasteiger partial charge is 0.250 e. The van der Waals surface area contributed by atoms with E-state index in [1.165, 1.54) is 0 Å². The van der Waals surface area contributed by atoms with Gasteiger partial charge in [-0.3, -0.25) is 14.4 Å². The van der Waals surface area contributed by atoms with Gasteiger partial charge in [0.2, 0.25) is 11.8 Å². The van der Waals surface area contributed by atoms with Crippen molar-refractivity contribution in [1.82, 2.24) is 14.8 Å². The molecule has 1 fully saturated rings. The lowest BCUT2D eigenvalue weighted by Crippen LogP contribution is -2.49. The molecule has 1 aromatic carbocycles. The molecule has 32 heavy (non-hydrogen) atoms. The quantitative estimate of drug-likeness (QED) is 0.712. The van der Waals surface area contributed by atoms with Crippen molar-refractivity contribution in [2.75, 3.05) is 27.3 Å². The Labute approximate surface area is 187 Å². The number of piperidine rings is 1. The Morgan fingerprint density at radius 2 is 1.84 bits per heavy atom. The first-order valence-corrected chi connectivity index (χ1v) is 10.9. The van der Waals surface area contributed by atoms with Crippen molar-refractivity contribution in [2.24, 2.45) is 5.92 Å². The van der Waals surface area contributed by atoms with Gasteiger partial charge in [-0.05, 0) is 36.1 Å². The zero-order valence-corrected chi connectivity index (χ0v) is 18.5. The van der Waals surface area contributed by atoms with Gasteiger partial charge in [-0.25, -0.2) is 0 Å². The summed E-state index contributed by atoms with van der Waals surface area (Å²) in [6, 6.07) is 10.8. The molecule has 0 unspecified atom stereocenters. The third-order valence-electron chi connectivity index (χ3n) is 6.34. The van der Waals surface area contributed by atoms with Crippen molar-refractivity contribution in [3.05, 3.63) is 58.0 Å². The average Bonchev–Trinajstić information content (AvgIpc) is 2.81. The van der Waals surface area contributed by atoms with Crippen LogP contribution in [0.2, 0.25) is 0 Å². The molecule has 1 N–H and O–H groups in total. The van der Waals surface area contributed by atoms with E-state index in [4.69, 9.17) is 9.47 Å². The minimum Gasteiger partial charge on any atom is -0.493 e. The second-order valence-corrected chi connectivity index (χ2v) is 8.46. The number of aromatic nitrogens is 1. The van der Waals surface area contributed by atoms with Gasteiger partial charge in [0, 0.05) is 56.7 Å².